The highest BCUT2D eigenvalue weighted by atomic mass is 32.2. The summed E-state index contributed by atoms with van der Waals surface area (Å²) in [5, 5.41) is 10.2. The van der Waals surface area contributed by atoms with Crippen LogP contribution in [-0.2, 0) is 15.6 Å². The molecule has 0 spiro atoms. The Morgan fingerprint density at radius 3 is 2.65 bits per heavy atom. The molecule has 2 rings (SSSR count). The molecular formula is C14H17NO4S. The van der Waals surface area contributed by atoms with Crippen molar-refractivity contribution in [3.63, 3.8) is 0 Å². The number of aliphatic hydroxyl groups is 1. The molecule has 0 bridgehead atoms. The molecular weight excluding hydrogens is 278 g/mol. The van der Waals surface area contributed by atoms with Crippen molar-refractivity contribution >= 4 is 10.0 Å². The third-order valence-electron chi connectivity index (χ3n) is 2.96. The van der Waals surface area contributed by atoms with Crippen molar-refractivity contribution in [3.8, 4) is 0 Å². The lowest BCUT2D eigenvalue weighted by atomic mass is 10.1. The largest absolute Gasteiger partial charge is 0.466 e. The lowest BCUT2D eigenvalue weighted by molar-refractivity contribution is 0.0395. The molecule has 20 heavy (non-hydrogen) atoms. The second-order valence-corrected chi connectivity index (χ2v) is 6.66. The molecule has 0 aliphatic rings. The number of hydrogen-bond acceptors (Lipinski definition) is 4. The summed E-state index contributed by atoms with van der Waals surface area (Å²) in [6.45, 7) is 3.14. The quantitative estimate of drug-likeness (QED) is 0.881. The van der Waals surface area contributed by atoms with Crippen LogP contribution >= 0.6 is 0 Å². The van der Waals surface area contributed by atoms with Gasteiger partial charge in [-0.3, -0.25) is 0 Å². The number of hydrogen-bond donors (Lipinski definition) is 2. The Kier molecular flexibility index (Phi) is 3.99. The smallest absolute Gasteiger partial charge is 0.240 e. The lowest BCUT2D eigenvalue weighted by Crippen LogP contribution is -2.38. The highest BCUT2D eigenvalue weighted by Crippen LogP contribution is 2.21. The van der Waals surface area contributed by atoms with Crippen molar-refractivity contribution in [2.75, 3.05) is 6.54 Å². The molecule has 0 aliphatic carbocycles. The summed E-state index contributed by atoms with van der Waals surface area (Å²) in [7, 11) is -3.66. The Labute approximate surface area is 118 Å². The molecule has 0 saturated heterocycles. The molecule has 1 heterocycles. The van der Waals surface area contributed by atoms with Crippen molar-refractivity contribution in [2.24, 2.45) is 0 Å². The first-order valence-electron chi connectivity index (χ1n) is 6.14. The fraction of sp³-hybridized carbons (Fsp3) is 0.286. The van der Waals surface area contributed by atoms with Crippen LogP contribution in [0.2, 0.25) is 0 Å². The highest BCUT2D eigenvalue weighted by molar-refractivity contribution is 7.89. The van der Waals surface area contributed by atoms with Crippen LogP contribution < -0.4 is 4.72 Å². The van der Waals surface area contributed by atoms with Gasteiger partial charge in [0.05, 0.1) is 11.2 Å². The normalized spacial score (nSPS) is 14.9. The summed E-state index contributed by atoms with van der Waals surface area (Å²) < 4.78 is 31.8. The van der Waals surface area contributed by atoms with E-state index in [9.17, 15) is 13.5 Å². The van der Waals surface area contributed by atoms with Crippen molar-refractivity contribution in [1.82, 2.24) is 4.72 Å². The summed E-state index contributed by atoms with van der Waals surface area (Å²) in [5.74, 6) is 0.310. The molecule has 0 unspecified atom stereocenters. The molecule has 5 nitrogen and oxygen atoms in total. The average Bonchev–Trinajstić information content (AvgIpc) is 2.91. The summed E-state index contributed by atoms with van der Waals surface area (Å²) in [5.41, 5.74) is -0.550. The minimum atomic E-state index is -3.66. The molecule has 0 aliphatic heterocycles. The fourth-order valence-corrected chi connectivity index (χ4v) is 3.01. The van der Waals surface area contributed by atoms with E-state index in [1.54, 1.807) is 24.3 Å². The maximum absolute atomic E-state index is 12.1. The molecule has 2 aromatic rings. The number of furan rings is 1. The van der Waals surface area contributed by atoms with Gasteiger partial charge in [-0.2, -0.15) is 0 Å². The van der Waals surface area contributed by atoms with Gasteiger partial charge in [-0.05, 0) is 43.7 Å². The van der Waals surface area contributed by atoms with Gasteiger partial charge in [-0.25, -0.2) is 13.1 Å². The van der Waals surface area contributed by atoms with Gasteiger partial charge in [-0.15, -0.1) is 0 Å². The number of rotatable bonds is 5. The molecule has 0 radical (unpaired) electrons. The third kappa shape index (κ3) is 3.27. The van der Waals surface area contributed by atoms with E-state index in [0.717, 1.165) is 5.56 Å². The van der Waals surface area contributed by atoms with Crippen LogP contribution in [0.5, 0.6) is 0 Å². The van der Waals surface area contributed by atoms with Crippen molar-refractivity contribution in [1.29, 1.82) is 0 Å². The predicted molar refractivity (Wildman–Crippen MR) is 74.6 cm³/mol. The molecule has 0 amide bonds. The zero-order valence-electron chi connectivity index (χ0n) is 11.3. The van der Waals surface area contributed by atoms with Crippen LogP contribution in [-0.4, -0.2) is 20.1 Å². The van der Waals surface area contributed by atoms with E-state index < -0.39 is 15.6 Å². The summed E-state index contributed by atoms with van der Waals surface area (Å²) >= 11 is 0. The summed E-state index contributed by atoms with van der Waals surface area (Å²) in [6.07, 6.45) is 1.43. The fourth-order valence-electron chi connectivity index (χ4n) is 1.77. The average molecular weight is 295 g/mol. The van der Waals surface area contributed by atoms with E-state index in [-0.39, 0.29) is 11.4 Å². The Balaban J connectivity index is 2.14. The molecule has 1 aromatic carbocycles. The lowest BCUT2D eigenvalue weighted by Gasteiger charge is -2.21. The number of aryl methyl sites for hydroxylation is 1. The van der Waals surface area contributed by atoms with Crippen LogP contribution in [0.25, 0.3) is 0 Å². The first-order chi connectivity index (χ1) is 9.31. The van der Waals surface area contributed by atoms with Gasteiger partial charge >= 0.3 is 0 Å². The molecule has 1 aromatic heterocycles. The van der Waals surface area contributed by atoms with Crippen LogP contribution in [0.3, 0.4) is 0 Å². The minimum Gasteiger partial charge on any atom is -0.466 e. The third-order valence-corrected chi connectivity index (χ3v) is 4.36. The molecule has 0 fully saturated rings. The van der Waals surface area contributed by atoms with Crippen molar-refractivity contribution < 1.29 is 17.9 Å². The van der Waals surface area contributed by atoms with E-state index in [1.165, 1.54) is 19.3 Å². The van der Waals surface area contributed by atoms with Gasteiger partial charge in [0.15, 0.2) is 0 Å². The first kappa shape index (κ1) is 14.8. The van der Waals surface area contributed by atoms with Gasteiger partial charge in [0, 0.05) is 6.54 Å². The zero-order chi connectivity index (χ0) is 14.8. The molecule has 108 valence electrons. The Bertz CT molecular complexity index is 675. The van der Waals surface area contributed by atoms with Gasteiger partial charge in [-0.1, -0.05) is 12.1 Å². The Morgan fingerprint density at radius 1 is 1.30 bits per heavy atom. The van der Waals surface area contributed by atoms with Crippen LogP contribution in [0.1, 0.15) is 18.2 Å². The van der Waals surface area contributed by atoms with Crippen molar-refractivity contribution in [3.05, 3.63) is 54.0 Å². The van der Waals surface area contributed by atoms with E-state index in [2.05, 4.69) is 4.72 Å². The van der Waals surface area contributed by atoms with E-state index >= 15 is 0 Å². The van der Waals surface area contributed by atoms with Gasteiger partial charge in [0.1, 0.15) is 11.4 Å². The van der Waals surface area contributed by atoms with E-state index in [4.69, 9.17) is 4.42 Å². The van der Waals surface area contributed by atoms with Gasteiger partial charge in [0.2, 0.25) is 10.0 Å². The first-order valence-corrected chi connectivity index (χ1v) is 7.62. The van der Waals surface area contributed by atoms with Crippen LogP contribution in [0.4, 0.5) is 0 Å². The number of benzene rings is 1. The number of sulfonamides is 1. The standard InChI is InChI=1S/C14H17NO4S/c1-11-5-3-6-12(9-11)20(17,18)15-10-14(2,16)13-7-4-8-19-13/h3-9,15-16H,10H2,1-2H3/t14-/m0/s1. The van der Waals surface area contributed by atoms with E-state index in [1.807, 2.05) is 13.0 Å². The minimum absolute atomic E-state index is 0.170. The maximum atomic E-state index is 12.1. The SMILES string of the molecule is Cc1cccc(S(=O)(=O)NC[C@](C)(O)c2ccco2)c1. The molecule has 1 atom stereocenters. The monoisotopic (exact) mass is 295 g/mol. The zero-order valence-corrected chi connectivity index (χ0v) is 12.1. The molecule has 0 saturated carbocycles. The Morgan fingerprint density at radius 2 is 2.05 bits per heavy atom. The van der Waals surface area contributed by atoms with E-state index in [0.29, 0.717) is 5.76 Å². The van der Waals surface area contributed by atoms with Crippen molar-refractivity contribution in [2.45, 2.75) is 24.3 Å². The van der Waals surface area contributed by atoms with Crippen LogP contribution in [0, 0.1) is 6.92 Å². The second-order valence-electron chi connectivity index (χ2n) is 4.89. The summed E-state index contributed by atoms with van der Waals surface area (Å²) in [4.78, 5) is 0.174. The topological polar surface area (TPSA) is 79.5 Å². The second kappa shape index (κ2) is 5.40. The van der Waals surface area contributed by atoms with Gasteiger partial charge < -0.3 is 9.52 Å². The summed E-state index contributed by atoms with van der Waals surface area (Å²) in [6, 6.07) is 9.81. The highest BCUT2D eigenvalue weighted by Gasteiger charge is 2.28. The van der Waals surface area contributed by atoms with Gasteiger partial charge in [0.25, 0.3) is 0 Å². The predicted octanol–water partition coefficient (Wildman–Crippen LogP) is 1.77. The van der Waals surface area contributed by atoms with Crippen LogP contribution in [0.15, 0.2) is 52.0 Å². The molecule has 2 N–H and O–H groups in total. The number of nitrogens with one attached hydrogen (secondary N) is 1. The molecule has 6 heteroatoms. The Hall–Kier alpha value is -1.63. The maximum Gasteiger partial charge on any atom is 0.240 e.